The molecule has 4 rings (SSSR count). The molecular weight excluding hydrogens is 374 g/mol. The van der Waals surface area contributed by atoms with Crippen LogP contribution < -0.4 is 5.32 Å². The highest BCUT2D eigenvalue weighted by atomic mass is 32.1. The van der Waals surface area contributed by atoms with Gasteiger partial charge in [-0.2, -0.15) is 5.10 Å². The maximum Gasteiger partial charge on any atom is 0.273 e. The summed E-state index contributed by atoms with van der Waals surface area (Å²) in [6.45, 7) is 6.03. The van der Waals surface area contributed by atoms with E-state index in [9.17, 15) is 4.79 Å². The van der Waals surface area contributed by atoms with Gasteiger partial charge in [0.15, 0.2) is 5.82 Å². The number of aromatic nitrogens is 5. The summed E-state index contributed by atoms with van der Waals surface area (Å²) in [5, 5.41) is 10.3. The first-order valence-electron chi connectivity index (χ1n) is 9.44. The lowest BCUT2D eigenvalue weighted by molar-refractivity contribution is 0.0560. The average Bonchev–Trinajstić information content (AvgIpc) is 3.39. The smallest absolute Gasteiger partial charge is 0.273 e. The molecule has 146 valence electrons. The Hall–Kier alpha value is -2.65. The third-order valence-electron chi connectivity index (χ3n) is 4.83. The van der Waals surface area contributed by atoms with Crippen LogP contribution >= 0.6 is 11.3 Å². The topological polar surface area (TPSA) is 88.8 Å². The standard InChI is InChI=1S/C19H23N7OS/c1-13(2)26(15-3-5-20-6-4-15)19(27)16-12-28-18(24-16)14-9-23-25(11-14)17-10-21-7-8-22-17/h7-13,15,20H,3-6H2,1-2H3. The van der Waals surface area contributed by atoms with Crippen LogP contribution in [-0.4, -0.2) is 60.7 Å². The Morgan fingerprint density at radius 2 is 2.11 bits per heavy atom. The SMILES string of the molecule is CC(C)N(C(=O)c1csc(-c2cnn(-c3cnccn3)c2)n1)C1CCNCC1. The molecule has 28 heavy (non-hydrogen) atoms. The van der Waals surface area contributed by atoms with E-state index in [-0.39, 0.29) is 18.0 Å². The van der Waals surface area contributed by atoms with E-state index in [1.165, 1.54) is 11.3 Å². The van der Waals surface area contributed by atoms with E-state index >= 15 is 0 Å². The van der Waals surface area contributed by atoms with Crippen molar-refractivity contribution in [2.45, 2.75) is 38.8 Å². The second kappa shape index (κ2) is 8.15. The summed E-state index contributed by atoms with van der Waals surface area (Å²) in [6.07, 6.45) is 10.4. The zero-order chi connectivity index (χ0) is 19.5. The van der Waals surface area contributed by atoms with Crippen LogP contribution in [0.1, 0.15) is 37.2 Å². The van der Waals surface area contributed by atoms with Gasteiger partial charge in [-0.15, -0.1) is 11.3 Å². The molecule has 4 heterocycles. The van der Waals surface area contributed by atoms with Crippen LogP contribution in [-0.2, 0) is 0 Å². The molecule has 1 fully saturated rings. The minimum Gasteiger partial charge on any atom is -0.332 e. The quantitative estimate of drug-likeness (QED) is 0.711. The second-order valence-corrected chi connectivity index (χ2v) is 7.92. The van der Waals surface area contributed by atoms with Crippen molar-refractivity contribution in [1.29, 1.82) is 0 Å². The molecule has 1 amide bonds. The van der Waals surface area contributed by atoms with Crippen LogP contribution in [0.5, 0.6) is 0 Å². The number of piperidine rings is 1. The number of carbonyl (C=O) groups excluding carboxylic acids is 1. The van der Waals surface area contributed by atoms with Gasteiger partial charge in [-0.05, 0) is 39.8 Å². The van der Waals surface area contributed by atoms with E-state index < -0.39 is 0 Å². The average molecular weight is 398 g/mol. The van der Waals surface area contributed by atoms with Gasteiger partial charge in [-0.3, -0.25) is 9.78 Å². The minimum atomic E-state index is 0.00529. The molecule has 0 atom stereocenters. The van der Waals surface area contributed by atoms with Gasteiger partial charge < -0.3 is 10.2 Å². The molecule has 1 aliphatic rings. The Balaban J connectivity index is 1.55. The molecule has 0 unspecified atom stereocenters. The lowest BCUT2D eigenvalue weighted by atomic mass is 10.0. The molecule has 9 heteroatoms. The van der Waals surface area contributed by atoms with E-state index in [0.717, 1.165) is 36.5 Å². The zero-order valence-corrected chi connectivity index (χ0v) is 16.8. The molecule has 8 nitrogen and oxygen atoms in total. The number of hydrogen-bond acceptors (Lipinski definition) is 7. The van der Waals surface area contributed by atoms with Crippen LogP contribution in [0.25, 0.3) is 16.4 Å². The molecule has 0 saturated carbocycles. The largest absolute Gasteiger partial charge is 0.332 e. The first-order chi connectivity index (χ1) is 13.6. The van der Waals surface area contributed by atoms with Gasteiger partial charge in [0.1, 0.15) is 10.7 Å². The molecule has 0 spiro atoms. The molecule has 1 N–H and O–H groups in total. The van der Waals surface area contributed by atoms with Crippen LogP contribution in [0.3, 0.4) is 0 Å². The molecule has 0 radical (unpaired) electrons. The fourth-order valence-electron chi connectivity index (χ4n) is 3.51. The summed E-state index contributed by atoms with van der Waals surface area (Å²) in [7, 11) is 0. The number of nitrogens with zero attached hydrogens (tertiary/aromatic N) is 6. The summed E-state index contributed by atoms with van der Waals surface area (Å²) in [5.41, 5.74) is 1.35. The summed E-state index contributed by atoms with van der Waals surface area (Å²) < 4.78 is 1.65. The lowest BCUT2D eigenvalue weighted by Crippen LogP contribution is -2.49. The number of hydrogen-bond donors (Lipinski definition) is 1. The van der Waals surface area contributed by atoms with Gasteiger partial charge in [0.2, 0.25) is 0 Å². The number of rotatable bonds is 5. The van der Waals surface area contributed by atoms with Crippen molar-refractivity contribution in [3.05, 3.63) is 42.1 Å². The van der Waals surface area contributed by atoms with Crippen LogP contribution in [0.2, 0.25) is 0 Å². The summed E-state index contributed by atoms with van der Waals surface area (Å²) in [4.78, 5) is 28.1. The molecule has 0 aromatic carbocycles. The monoisotopic (exact) mass is 397 g/mol. The zero-order valence-electron chi connectivity index (χ0n) is 15.9. The fourth-order valence-corrected chi connectivity index (χ4v) is 4.28. The van der Waals surface area contributed by atoms with Crippen molar-refractivity contribution in [1.82, 2.24) is 34.9 Å². The number of thiazole rings is 1. The Morgan fingerprint density at radius 3 is 2.82 bits per heavy atom. The van der Waals surface area contributed by atoms with Crippen molar-refractivity contribution in [3.8, 4) is 16.4 Å². The highest BCUT2D eigenvalue weighted by Crippen LogP contribution is 2.26. The molecular formula is C19H23N7OS. The van der Waals surface area contributed by atoms with Crippen molar-refractivity contribution < 1.29 is 4.79 Å². The Bertz CT molecular complexity index is 931. The van der Waals surface area contributed by atoms with E-state index in [2.05, 4.69) is 39.2 Å². The number of nitrogens with one attached hydrogen (secondary N) is 1. The molecule has 1 saturated heterocycles. The molecule has 1 aliphatic heterocycles. The third-order valence-corrected chi connectivity index (χ3v) is 5.72. The van der Waals surface area contributed by atoms with Crippen molar-refractivity contribution in [2.24, 2.45) is 0 Å². The predicted octanol–water partition coefficient (Wildman–Crippen LogP) is 2.39. The highest BCUT2D eigenvalue weighted by Gasteiger charge is 2.29. The predicted molar refractivity (Wildman–Crippen MR) is 107 cm³/mol. The molecule has 0 bridgehead atoms. The summed E-state index contributed by atoms with van der Waals surface area (Å²) >= 11 is 1.45. The Morgan fingerprint density at radius 1 is 1.29 bits per heavy atom. The van der Waals surface area contributed by atoms with Crippen LogP contribution in [0, 0.1) is 0 Å². The van der Waals surface area contributed by atoms with Gasteiger partial charge in [0.25, 0.3) is 5.91 Å². The fraction of sp³-hybridized carbons (Fsp3) is 0.421. The van der Waals surface area contributed by atoms with E-state index in [0.29, 0.717) is 11.5 Å². The summed E-state index contributed by atoms with van der Waals surface area (Å²) in [5.74, 6) is 0.643. The third kappa shape index (κ3) is 3.81. The van der Waals surface area contributed by atoms with Crippen LogP contribution in [0.4, 0.5) is 0 Å². The van der Waals surface area contributed by atoms with Crippen molar-refractivity contribution in [2.75, 3.05) is 13.1 Å². The van der Waals surface area contributed by atoms with Crippen LogP contribution in [0.15, 0.2) is 36.4 Å². The number of amides is 1. The van der Waals surface area contributed by atoms with E-state index in [4.69, 9.17) is 0 Å². The van der Waals surface area contributed by atoms with Gasteiger partial charge in [0.05, 0.1) is 12.4 Å². The minimum absolute atomic E-state index is 0.00529. The normalized spacial score (nSPS) is 15.1. The maximum absolute atomic E-state index is 13.2. The van der Waals surface area contributed by atoms with Gasteiger partial charge in [-0.25, -0.2) is 14.6 Å². The molecule has 3 aromatic heterocycles. The van der Waals surface area contributed by atoms with E-state index in [1.807, 2.05) is 16.5 Å². The van der Waals surface area contributed by atoms with Gasteiger partial charge in [0, 0.05) is 41.6 Å². The Kier molecular flexibility index (Phi) is 5.45. The van der Waals surface area contributed by atoms with E-state index in [1.54, 1.807) is 29.5 Å². The highest BCUT2D eigenvalue weighted by molar-refractivity contribution is 7.13. The Labute approximate surface area is 167 Å². The van der Waals surface area contributed by atoms with Crippen molar-refractivity contribution >= 4 is 17.2 Å². The second-order valence-electron chi connectivity index (χ2n) is 7.06. The lowest BCUT2D eigenvalue weighted by Gasteiger charge is -2.37. The van der Waals surface area contributed by atoms with Crippen molar-refractivity contribution in [3.63, 3.8) is 0 Å². The maximum atomic E-state index is 13.2. The first kappa shape index (κ1) is 18.7. The first-order valence-corrected chi connectivity index (χ1v) is 10.3. The summed E-state index contributed by atoms with van der Waals surface area (Å²) in [6, 6.07) is 0.401. The molecule has 0 aliphatic carbocycles. The molecule has 3 aromatic rings. The number of carbonyl (C=O) groups is 1. The van der Waals surface area contributed by atoms with Gasteiger partial charge in [-0.1, -0.05) is 0 Å². The van der Waals surface area contributed by atoms with Gasteiger partial charge >= 0.3 is 0 Å².